The largest absolute Gasteiger partial charge is 0.372 e. The van der Waals surface area contributed by atoms with Crippen LogP contribution in [0.1, 0.15) is 30.4 Å². The van der Waals surface area contributed by atoms with Gasteiger partial charge < -0.3 is 10.6 Å². The highest BCUT2D eigenvalue weighted by molar-refractivity contribution is 6.08. The van der Waals surface area contributed by atoms with Crippen molar-refractivity contribution in [1.82, 2.24) is 5.32 Å². The van der Waals surface area contributed by atoms with E-state index in [-0.39, 0.29) is 5.57 Å². The van der Waals surface area contributed by atoms with E-state index in [0.717, 1.165) is 29.9 Å². The molecule has 0 radical (unpaired) electrons. The molecular formula is C17H20N4O2. The Morgan fingerprint density at radius 3 is 2.57 bits per heavy atom. The molecular weight excluding hydrogens is 292 g/mol. The molecule has 3 N–H and O–H groups in total. The molecule has 1 aromatic rings. The molecule has 1 fully saturated rings. The first kappa shape index (κ1) is 16.6. The highest BCUT2D eigenvalue weighted by Crippen LogP contribution is 2.24. The van der Waals surface area contributed by atoms with Gasteiger partial charge in [0.1, 0.15) is 11.6 Å². The van der Waals surface area contributed by atoms with Gasteiger partial charge in [-0.3, -0.25) is 10.1 Å². The lowest BCUT2D eigenvalue weighted by molar-refractivity contribution is -0.115. The number of urea groups is 1. The SMILES string of the molecule is Cc1cc(N2CCCCC2)ccc1/C=C(/C#N)C(=O)NC(N)=O. The minimum absolute atomic E-state index is 0.155. The number of aryl methyl sites for hydroxylation is 1. The fourth-order valence-corrected chi connectivity index (χ4v) is 2.65. The Bertz CT molecular complexity index is 682. The van der Waals surface area contributed by atoms with E-state index in [4.69, 9.17) is 11.0 Å². The minimum atomic E-state index is -0.978. The predicted octanol–water partition coefficient (Wildman–Crippen LogP) is 2.09. The van der Waals surface area contributed by atoms with Crippen molar-refractivity contribution in [2.24, 2.45) is 5.73 Å². The van der Waals surface area contributed by atoms with Crippen molar-refractivity contribution in [2.45, 2.75) is 26.2 Å². The van der Waals surface area contributed by atoms with Crippen LogP contribution in [-0.2, 0) is 4.79 Å². The van der Waals surface area contributed by atoms with Crippen molar-refractivity contribution >= 4 is 23.7 Å². The van der Waals surface area contributed by atoms with Gasteiger partial charge in [0.15, 0.2) is 0 Å². The first-order chi connectivity index (χ1) is 11.0. The summed E-state index contributed by atoms with van der Waals surface area (Å²) in [7, 11) is 0. The number of piperidine rings is 1. The molecule has 0 aromatic heterocycles. The maximum absolute atomic E-state index is 11.7. The lowest BCUT2D eigenvalue weighted by atomic mass is 10.0. The topological polar surface area (TPSA) is 99.2 Å². The van der Waals surface area contributed by atoms with E-state index < -0.39 is 11.9 Å². The molecule has 2 rings (SSSR count). The highest BCUT2D eigenvalue weighted by Gasteiger charge is 2.14. The lowest BCUT2D eigenvalue weighted by Crippen LogP contribution is -2.35. The Morgan fingerprint density at radius 2 is 2.00 bits per heavy atom. The lowest BCUT2D eigenvalue weighted by Gasteiger charge is -2.29. The van der Waals surface area contributed by atoms with Gasteiger partial charge in [-0.15, -0.1) is 0 Å². The first-order valence-corrected chi connectivity index (χ1v) is 7.59. The van der Waals surface area contributed by atoms with Crippen molar-refractivity contribution in [2.75, 3.05) is 18.0 Å². The molecule has 1 aliphatic heterocycles. The van der Waals surface area contributed by atoms with Gasteiger partial charge in [0.25, 0.3) is 5.91 Å². The molecule has 0 unspecified atom stereocenters. The number of nitrogens with zero attached hydrogens (tertiary/aromatic N) is 2. The number of nitrogens with two attached hydrogens (primary N) is 1. The van der Waals surface area contributed by atoms with Crippen LogP contribution in [0, 0.1) is 18.3 Å². The number of carbonyl (C=O) groups is 2. The fourth-order valence-electron chi connectivity index (χ4n) is 2.65. The summed E-state index contributed by atoms with van der Waals surface area (Å²) in [6.07, 6.45) is 5.14. The summed E-state index contributed by atoms with van der Waals surface area (Å²) in [5, 5.41) is 11.0. The molecule has 1 saturated heterocycles. The van der Waals surface area contributed by atoms with Gasteiger partial charge in [0.05, 0.1) is 0 Å². The van der Waals surface area contributed by atoms with Crippen LogP contribution < -0.4 is 16.0 Å². The standard InChI is InChI=1S/C17H20N4O2/c1-12-9-15(21-7-3-2-4-8-21)6-5-13(12)10-14(11-18)16(22)20-17(19)23/h5-6,9-10H,2-4,7-8H2,1H3,(H3,19,20,22,23)/b14-10-. The summed E-state index contributed by atoms with van der Waals surface area (Å²) < 4.78 is 0. The second-order valence-corrected chi connectivity index (χ2v) is 5.58. The number of nitriles is 1. The minimum Gasteiger partial charge on any atom is -0.372 e. The molecule has 3 amide bonds. The summed E-state index contributed by atoms with van der Waals surface area (Å²) in [5.41, 5.74) is 7.63. The van der Waals surface area contributed by atoms with Gasteiger partial charge in [-0.25, -0.2) is 4.79 Å². The van der Waals surface area contributed by atoms with Crippen LogP contribution in [0.25, 0.3) is 6.08 Å². The zero-order valence-electron chi connectivity index (χ0n) is 13.1. The Labute approximate surface area is 135 Å². The first-order valence-electron chi connectivity index (χ1n) is 7.59. The van der Waals surface area contributed by atoms with Crippen molar-refractivity contribution < 1.29 is 9.59 Å². The summed E-state index contributed by atoms with van der Waals surface area (Å²) in [5.74, 6) is -0.792. The number of imide groups is 1. The third-order valence-corrected chi connectivity index (χ3v) is 3.88. The number of nitrogens with one attached hydrogen (secondary N) is 1. The van der Waals surface area contributed by atoms with Crippen molar-refractivity contribution in [1.29, 1.82) is 5.26 Å². The molecule has 0 atom stereocenters. The van der Waals surface area contributed by atoms with Crippen LogP contribution in [0.3, 0.4) is 0 Å². The summed E-state index contributed by atoms with van der Waals surface area (Å²) >= 11 is 0. The number of primary amides is 1. The number of hydrogen-bond donors (Lipinski definition) is 2. The molecule has 1 heterocycles. The van der Waals surface area contributed by atoms with Gasteiger partial charge >= 0.3 is 6.03 Å². The molecule has 0 aliphatic carbocycles. The van der Waals surface area contributed by atoms with Crippen LogP contribution >= 0.6 is 0 Å². The van der Waals surface area contributed by atoms with Gasteiger partial charge in [0, 0.05) is 18.8 Å². The number of anilines is 1. The van der Waals surface area contributed by atoms with Gasteiger partial charge in [-0.1, -0.05) is 6.07 Å². The Hall–Kier alpha value is -2.81. The van der Waals surface area contributed by atoms with Crippen molar-refractivity contribution in [3.05, 3.63) is 34.9 Å². The zero-order chi connectivity index (χ0) is 16.8. The van der Waals surface area contributed by atoms with Gasteiger partial charge in [-0.2, -0.15) is 5.26 Å². The number of hydrogen-bond acceptors (Lipinski definition) is 4. The molecule has 23 heavy (non-hydrogen) atoms. The monoisotopic (exact) mass is 312 g/mol. The summed E-state index contributed by atoms with van der Waals surface area (Å²) in [6, 6.07) is 6.74. The number of rotatable bonds is 3. The molecule has 120 valence electrons. The third-order valence-electron chi connectivity index (χ3n) is 3.88. The van der Waals surface area contributed by atoms with Crippen LogP contribution in [-0.4, -0.2) is 25.0 Å². The maximum atomic E-state index is 11.7. The van der Waals surface area contributed by atoms with Gasteiger partial charge in [-0.05, 0) is 55.5 Å². The van der Waals surface area contributed by atoms with E-state index in [0.29, 0.717) is 0 Å². The second-order valence-electron chi connectivity index (χ2n) is 5.58. The molecule has 0 spiro atoms. The van der Waals surface area contributed by atoms with E-state index in [9.17, 15) is 9.59 Å². The average Bonchev–Trinajstić information content (AvgIpc) is 2.53. The Kier molecular flexibility index (Phi) is 5.36. The zero-order valence-corrected chi connectivity index (χ0v) is 13.1. The maximum Gasteiger partial charge on any atom is 0.319 e. The second kappa shape index (κ2) is 7.45. The van der Waals surface area contributed by atoms with Crippen LogP contribution in [0.5, 0.6) is 0 Å². The molecule has 1 aromatic carbocycles. The van der Waals surface area contributed by atoms with E-state index in [1.807, 2.05) is 24.4 Å². The van der Waals surface area contributed by atoms with E-state index in [1.54, 1.807) is 6.07 Å². The molecule has 6 heteroatoms. The molecule has 0 bridgehead atoms. The molecule has 1 aliphatic rings. The van der Waals surface area contributed by atoms with Crippen LogP contribution in [0.2, 0.25) is 0 Å². The fraction of sp³-hybridized carbons (Fsp3) is 0.353. The van der Waals surface area contributed by atoms with E-state index in [2.05, 4.69) is 11.0 Å². The quantitative estimate of drug-likeness (QED) is 0.659. The van der Waals surface area contributed by atoms with Crippen molar-refractivity contribution in [3.63, 3.8) is 0 Å². The Balaban J connectivity index is 2.22. The van der Waals surface area contributed by atoms with Crippen LogP contribution in [0.15, 0.2) is 23.8 Å². The molecule has 6 nitrogen and oxygen atoms in total. The van der Waals surface area contributed by atoms with Crippen molar-refractivity contribution in [3.8, 4) is 6.07 Å². The Morgan fingerprint density at radius 1 is 1.30 bits per heavy atom. The van der Waals surface area contributed by atoms with E-state index in [1.165, 1.54) is 25.3 Å². The smallest absolute Gasteiger partial charge is 0.319 e. The predicted molar refractivity (Wildman–Crippen MR) is 88.6 cm³/mol. The number of amides is 3. The summed E-state index contributed by atoms with van der Waals surface area (Å²) in [4.78, 5) is 24.8. The highest BCUT2D eigenvalue weighted by atomic mass is 16.2. The number of carbonyl (C=O) groups excluding carboxylic acids is 2. The van der Waals surface area contributed by atoms with Crippen LogP contribution in [0.4, 0.5) is 10.5 Å². The summed E-state index contributed by atoms with van der Waals surface area (Å²) in [6.45, 7) is 4.04. The average molecular weight is 312 g/mol. The third kappa shape index (κ3) is 4.33. The normalized spacial score (nSPS) is 15.0. The van der Waals surface area contributed by atoms with E-state index >= 15 is 0 Å². The number of benzene rings is 1. The molecule has 0 saturated carbocycles. The van der Waals surface area contributed by atoms with Gasteiger partial charge in [0.2, 0.25) is 0 Å².